The summed E-state index contributed by atoms with van der Waals surface area (Å²) in [6.45, 7) is 0. The second-order valence-corrected chi connectivity index (χ2v) is 3.44. The first kappa shape index (κ1) is 11.3. The average Bonchev–Trinajstić information content (AvgIpc) is 1.93. The predicted molar refractivity (Wildman–Crippen MR) is 50.8 cm³/mol. The van der Waals surface area contributed by atoms with Crippen molar-refractivity contribution in [1.29, 1.82) is 0 Å². The molecule has 60 valence electrons. The molecule has 0 radical (unpaired) electrons. The van der Waals surface area contributed by atoms with Crippen LogP contribution in [0, 0.1) is 0 Å². The van der Waals surface area contributed by atoms with Gasteiger partial charge in [-0.05, 0) is 12.2 Å². The fourth-order valence-corrected chi connectivity index (χ4v) is 1.17. The summed E-state index contributed by atoms with van der Waals surface area (Å²) in [5.74, 6) is 0. The molecule has 0 fully saturated rings. The van der Waals surface area contributed by atoms with E-state index in [-0.39, 0.29) is 27.9 Å². The molecule has 0 saturated heterocycles. The second kappa shape index (κ2) is 4.34. The third-order valence-corrected chi connectivity index (χ3v) is 2.33. The minimum absolute atomic E-state index is 0. The first-order valence-electron chi connectivity index (χ1n) is 2.49. The van der Waals surface area contributed by atoms with Crippen LogP contribution in [0.5, 0.6) is 0 Å². The van der Waals surface area contributed by atoms with Crippen molar-refractivity contribution in [2.75, 3.05) is 0 Å². The summed E-state index contributed by atoms with van der Waals surface area (Å²) in [6.07, 6.45) is 3.28. The Morgan fingerprint density at radius 2 is 1.18 bits per heavy atom. The van der Waals surface area contributed by atoms with Gasteiger partial charge in [0.15, 0.2) is 0 Å². The zero-order chi connectivity index (χ0) is 7.72. The van der Waals surface area contributed by atoms with Crippen LogP contribution < -0.4 is 0 Å². The van der Waals surface area contributed by atoms with Gasteiger partial charge in [0.2, 0.25) is 0 Å². The third kappa shape index (κ3) is 2.36. The topological polar surface area (TPSA) is 44.6 Å². The van der Waals surface area contributed by atoms with E-state index < -0.39 is 0 Å². The van der Waals surface area contributed by atoms with Gasteiger partial charge in [0.05, 0.1) is 0 Å². The molecule has 0 amide bonds. The molecule has 0 unspecified atom stereocenters. The predicted octanol–water partition coefficient (Wildman–Crippen LogP) is 2.58. The van der Waals surface area contributed by atoms with E-state index >= 15 is 0 Å². The largest absolute Gasteiger partial charge is 2.00 e. The maximum absolute atomic E-state index is 9.06. The van der Waals surface area contributed by atoms with Gasteiger partial charge in [0.25, 0.3) is 0 Å². The Morgan fingerprint density at radius 3 is 1.45 bits per heavy atom. The van der Waals surface area contributed by atoms with E-state index in [1.54, 1.807) is 12.2 Å². The smallest absolute Gasteiger partial charge is 0.804 e. The van der Waals surface area contributed by atoms with Crippen LogP contribution in [0.3, 0.4) is 0 Å². The Labute approximate surface area is 91.3 Å². The van der Waals surface area contributed by atoms with Crippen molar-refractivity contribution in [1.82, 2.24) is 0 Å². The van der Waals surface area contributed by atoms with Crippen LogP contribution >= 0.6 is 31.9 Å². The molecule has 0 aliphatic heterocycles. The fraction of sp³-hybridized carbons (Fsp3) is 0. The second-order valence-electron chi connectivity index (χ2n) is 1.73. The van der Waals surface area contributed by atoms with Crippen LogP contribution in [0.4, 0.5) is 0 Å². The Hall–Kier alpha value is 0.274. The summed E-state index contributed by atoms with van der Waals surface area (Å²) < 4.78 is 0.960. The summed E-state index contributed by atoms with van der Waals surface area (Å²) in [7, 11) is 0. The van der Waals surface area contributed by atoms with Crippen LogP contribution in [0.25, 0.3) is 10.8 Å². The van der Waals surface area contributed by atoms with Crippen LogP contribution in [0.1, 0.15) is 0 Å². The molecular formula is C6H2Br2N2Ni. The van der Waals surface area contributed by atoms with Gasteiger partial charge < -0.3 is 10.8 Å². The zero-order valence-electron chi connectivity index (χ0n) is 5.12. The van der Waals surface area contributed by atoms with Crippen LogP contribution in [0.15, 0.2) is 21.1 Å². The molecule has 0 aromatic carbocycles. The van der Waals surface area contributed by atoms with Crippen molar-refractivity contribution in [2.45, 2.75) is 0 Å². The molecule has 2 nitrogen and oxygen atoms in total. The van der Waals surface area contributed by atoms with Gasteiger partial charge in [-0.1, -0.05) is 31.9 Å². The molecule has 0 aromatic rings. The number of hydrogen-bond donors (Lipinski definition) is 0. The van der Waals surface area contributed by atoms with E-state index in [1.807, 2.05) is 0 Å². The first-order chi connectivity index (χ1) is 4.63. The van der Waals surface area contributed by atoms with Crippen molar-refractivity contribution in [3.8, 4) is 0 Å². The fourth-order valence-electron chi connectivity index (χ4n) is 0.530. The van der Waals surface area contributed by atoms with E-state index in [0.29, 0.717) is 8.96 Å². The average molecular weight is 321 g/mol. The SMILES string of the molecule is [N-]=C1C(=[N-])C(Br)=CC=C1Br.[Ni+2]. The molecule has 11 heavy (non-hydrogen) atoms. The van der Waals surface area contributed by atoms with Crippen molar-refractivity contribution < 1.29 is 16.5 Å². The number of allylic oxidation sites excluding steroid dienone is 4. The van der Waals surface area contributed by atoms with E-state index in [2.05, 4.69) is 31.9 Å². The van der Waals surface area contributed by atoms with Crippen LogP contribution in [0.2, 0.25) is 0 Å². The minimum atomic E-state index is -0.144. The van der Waals surface area contributed by atoms with Crippen LogP contribution in [-0.2, 0) is 16.5 Å². The number of halogens is 2. The third-order valence-electron chi connectivity index (χ3n) is 1.05. The molecule has 0 bridgehead atoms. The Bertz CT molecular complexity index is 232. The van der Waals surface area contributed by atoms with Gasteiger partial charge in [0, 0.05) is 8.96 Å². The van der Waals surface area contributed by atoms with E-state index in [9.17, 15) is 0 Å². The van der Waals surface area contributed by atoms with E-state index in [1.165, 1.54) is 0 Å². The Kier molecular flexibility index (Phi) is 4.44. The summed E-state index contributed by atoms with van der Waals surface area (Å²) >= 11 is 6.10. The molecule has 0 heterocycles. The molecule has 1 aliphatic carbocycles. The van der Waals surface area contributed by atoms with Gasteiger partial charge in [-0.3, -0.25) is 0 Å². The monoisotopic (exact) mass is 318 g/mol. The number of rotatable bonds is 0. The standard InChI is InChI=1S/C6H2Br2N2.Ni/c7-3-1-2-4(8)6(10)5(3)9;/h1-2H;/q-2;+2. The van der Waals surface area contributed by atoms with Crippen molar-refractivity contribution in [2.24, 2.45) is 0 Å². The van der Waals surface area contributed by atoms with Gasteiger partial charge in [-0.2, -0.15) is 11.4 Å². The molecule has 0 spiro atoms. The first-order valence-corrected chi connectivity index (χ1v) is 4.07. The maximum atomic E-state index is 9.06. The summed E-state index contributed by atoms with van der Waals surface area (Å²) in [4.78, 5) is 0. The Morgan fingerprint density at radius 1 is 0.909 bits per heavy atom. The van der Waals surface area contributed by atoms with Crippen molar-refractivity contribution in [3.63, 3.8) is 0 Å². The molecule has 1 rings (SSSR count). The van der Waals surface area contributed by atoms with E-state index in [4.69, 9.17) is 10.8 Å². The van der Waals surface area contributed by atoms with E-state index in [0.717, 1.165) is 0 Å². The molecule has 1 aliphatic rings. The summed E-state index contributed by atoms with van der Waals surface area (Å²) in [5.41, 5.74) is -0.288. The molecule has 0 saturated carbocycles. The quantitative estimate of drug-likeness (QED) is 0.486. The molecule has 0 atom stereocenters. The summed E-state index contributed by atoms with van der Waals surface area (Å²) in [5, 5.41) is 18.1. The summed E-state index contributed by atoms with van der Waals surface area (Å²) in [6, 6.07) is 0. The molecular weight excluding hydrogens is 319 g/mol. The van der Waals surface area contributed by atoms with Gasteiger partial charge in [0.1, 0.15) is 0 Å². The Balaban J connectivity index is 0.000001000. The number of hydrogen-bond acceptors (Lipinski definition) is 0. The van der Waals surface area contributed by atoms with Gasteiger partial charge in [-0.25, -0.2) is 0 Å². The minimum Gasteiger partial charge on any atom is -0.804 e. The van der Waals surface area contributed by atoms with Crippen molar-refractivity contribution in [3.05, 3.63) is 31.9 Å². The van der Waals surface area contributed by atoms with Crippen LogP contribution in [-0.4, -0.2) is 11.4 Å². The molecule has 0 N–H and O–H groups in total. The normalized spacial score (nSPS) is 16.9. The van der Waals surface area contributed by atoms with Gasteiger partial charge in [-0.15, -0.1) is 0 Å². The van der Waals surface area contributed by atoms with Crippen molar-refractivity contribution >= 4 is 43.3 Å². The molecule has 0 aromatic heterocycles. The maximum Gasteiger partial charge on any atom is 2.00 e. The zero-order valence-corrected chi connectivity index (χ0v) is 9.28. The molecule has 5 heteroatoms. The van der Waals surface area contributed by atoms with Gasteiger partial charge >= 0.3 is 16.5 Å². The number of nitrogens with zero attached hydrogens (tertiary/aromatic N) is 2.